The molecular weight excluding hydrogens is 1360 g/mol. The Bertz CT molecular complexity index is 2100. The summed E-state index contributed by atoms with van der Waals surface area (Å²) in [5.41, 5.74) is 3.73. The molecule has 3 N–H and O–H groups in total. The van der Waals surface area contributed by atoms with E-state index in [0.717, 1.165) is 106 Å². The summed E-state index contributed by atoms with van der Waals surface area (Å²) in [6.45, 7) is 21.6. The quantitative estimate of drug-likeness (QED) is 0.0481. The van der Waals surface area contributed by atoms with Crippen molar-refractivity contribution in [3.63, 3.8) is 0 Å². The van der Waals surface area contributed by atoms with Crippen molar-refractivity contribution in [1.82, 2.24) is 5.06 Å². The second kappa shape index (κ2) is 33.3. The monoisotopic (exact) mass is 1440 g/mol. The molecule has 402 valence electrons. The molecule has 13 nitrogen and oxygen atoms in total. The van der Waals surface area contributed by atoms with Gasteiger partial charge >= 0.3 is 11.9 Å². The Morgan fingerprint density at radius 2 is 0.932 bits per heavy atom. The first-order chi connectivity index (χ1) is 33.6. The number of aromatic hydroxyl groups is 2. The van der Waals surface area contributed by atoms with E-state index < -0.39 is 23.8 Å². The van der Waals surface area contributed by atoms with Crippen LogP contribution in [0.1, 0.15) is 195 Å². The average molecular weight is 1440 g/mol. The van der Waals surface area contributed by atoms with Crippen molar-refractivity contribution in [2.75, 3.05) is 39.6 Å². The third kappa shape index (κ3) is 22.9. The van der Waals surface area contributed by atoms with Crippen molar-refractivity contribution in [3.05, 3.63) is 70.8 Å². The van der Waals surface area contributed by atoms with Gasteiger partial charge in [-0.05, 0) is 61.1 Å². The third-order valence-electron chi connectivity index (χ3n) is 13.5. The Morgan fingerprint density at radius 1 is 0.575 bits per heavy atom. The van der Waals surface area contributed by atoms with Gasteiger partial charge in [0.1, 0.15) is 23.0 Å². The zero-order valence-electron chi connectivity index (χ0n) is 45.6. The molecule has 1 fully saturated rings. The molecule has 5 rings (SSSR count). The molecule has 0 bridgehead atoms. The molecule has 2 radical (unpaired) electrons. The summed E-state index contributed by atoms with van der Waals surface area (Å²) in [6, 6.07) is 14.5. The van der Waals surface area contributed by atoms with Crippen LogP contribution in [0.15, 0.2) is 59.7 Å². The van der Waals surface area contributed by atoms with E-state index in [1.54, 1.807) is 24.3 Å². The normalized spacial score (nSPS) is 16.1. The van der Waals surface area contributed by atoms with E-state index in [1.165, 1.54) is 36.8 Å². The third-order valence-corrected chi connectivity index (χ3v) is 13.5. The standard InChI is InChI=1S/C31H45NO7.C27H42O5.2Ac/c1-30(2,29-28(38-22-31(29,3)4)23-14-13-15-24(33)20-23)21-37-19-12-10-8-6-5-7-9-11-16-27(36)39-32-25(34)17-18-26(32)35;1-26(2,19-31-17-12-10-8-6-5-7-9-11-16-23(29)30)25-24(32-20-27(25,3)4)21-14-13-15-22(28)18-21;;/h13-15,20,33H,5-12,16-19,21-22H2,1-4H3;13-15,18,28H,5-12,16-17,19-20H2,1-4H3,(H,29,30);;. The zero-order chi connectivity index (χ0) is 52.1. The number of carboxylic acid groups (broad SMARTS) is 1. The topological polar surface area (TPSA) is 178 Å². The molecule has 2 amide bonds. The van der Waals surface area contributed by atoms with Gasteiger partial charge in [0, 0.05) is 160 Å². The molecule has 0 spiro atoms. The average Bonchev–Trinajstić information content (AvgIpc) is 3.94. The van der Waals surface area contributed by atoms with E-state index >= 15 is 0 Å². The van der Waals surface area contributed by atoms with Gasteiger partial charge in [-0.15, -0.1) is 5.06 Å². The second-order valence-electron chi connectivity index (χ2n) is 22.3. The summed E-state index contributed by atoms with van der Waals surface area (Å²) in [6.07, 6.45) is 17.8. The van der Waals surface area contributed by atoms with Crippen LogP contribution in [0.3, 0.4) is 0 Å². The largest absolute Gasteiger partial charge is 0.508 e. The minimum Gasteiger partial charge on any atom is -0.508 e. The molecule has 1 saturated heterocycles. The molecule has 0 atom stereocenters. The predicted molar refractivity (Wildman–Crippen MR) is 277 cm³/mol. The molecule has 3 aliphatic rings. The number of phenolic OH excluding ortho intramolecular Hbond substituents is 2. The van der Waals surface area contributed by atoms with Gasteiger partial charge in [0.05, 0.1) is 26.4 Å². The maximum Gasteiger partial charge on any atom is 0.333 e. The number of carbonyl (C=O) groups excluding carboxylic acids is 3. The minimum absolute atomic E-state index is 0. The second-order valence-corrected chi connectivity index (χ2v) is 22.3. The van der Waals surface area contributed by atoms with Crippen molar-refractivity contribution >= 4 is 35.3 Å². The van der Waals surface area contributed by atoms with Crippen molar-refractivity contribution < 1.29 is 146 Å². The van der Waals surface area contributed by atoms with Gasteiger partial charge in [-0.25, -0.2) is 4.79 Å². The number of rotatable bonds is 31. The zero-order valence-corrected chi connectivity index (χ0v) is 55.1. The van der Waals surface area contributed by atoms with Crippen LogP contribution >= 0.6 is 0 Å². The summed E-state index contributed by atoms with van der Waals surface area (Å²) >= 11 is 0. The molecule has 3 heterocycles. The van der Waals surface area contributed by atoms with Crippen LogP contribution in [0.2, 0.25) is 0 Å². The summed E-state index contributed by atoms with van der Waals surface area (Å²) in [5, 5.41) is 29.1. The summed E-state index contributed by atoms with van der Waals surface area (Å²) < 4.78 is 24.5. The van der Waals surface area contributed by atoms with Gasteiger partial charge in [-0.2, -0.15) is 0 Å². The number of hydrogen-bond acceptors (Lipinski definition) is 11. The molecule has 2 aromatic rings. The smallest absolute Gasteiger partial charge is 0.333 e. The van der Waals surface area contributed by atoms with Crippen LogP contribution in [0, 0.1) is 110 Å². The van der Waals surface area contributed by atoms with Gasteiger partial charge < -0.3 is 39.1 Å². The molecular formula is C58H87Ac2NO12. The summed E-state index contributed by atoms with van der Waals surface area (Å²) in [7, 11) is 0. The molecule has 0 saturated carbocycles. The van der Waals surface area contributed by atoms with Gasteiger partial charge in [0.2, 0.25) is 0 Å². The number of phenols is 2. The maximum atomic E-state index is 11.8. The van der Waals surface area contributed by atoms with E-state index in [1.807, 2.05) is 24.3 Å². The van der Waals surface area contributed by atoms with Crippen molar-refractivity contribution in [2.24, 2.45) is 21.7 Å². The Labute approximate surface area is 508 Å². The van der Waals surface area contributed by atoms with Crippen LogP contribution in [-0.4, -0.2) is 83.8 Å². The molecule has 0 aromatic heterocycles. The van der Waals surface area contributed by atoms with Gasteiger partial charge in [-0.3, -0.25) is 14.4 Å². The summed E-state index contributed by atoms with van der Waals surface area (Å²) in [5.74, 6) is 0.134. The Kier molecular flexibility index (Phi) is 30.6. The van der Waals surface area contributed by atoms with Crippen molar-refractivity contribution in [2.45, 2.75) is 184 Å². The maximum absolute atomic E-state index is 11.8. The van der Waals surface area contributed by atoms with Gasteiger partial charge in [-0.1, -0.05) is 157 Å². The fourth-order valence-electron chi connectivity index (χ4n) is 10.3. The predicted octanol–water partition coefficient (Wildman–Crippen LogP) is 13.1. The SMILES string of the molecule is CC(C)(COCCCCCCCCCCC(=O)O)C1=C(c2cccc(O)c2)OCC1(C)C.CC(C)(COCCCCCCCCCCC(=O)ON1C(=O)CCC1=O)C1=C(c2cccc(O)c2)OCC1(C)C.[Ac].[Ac]. The van der Waals surface area contributed by atoms with E-state index in [2.05, 4.69) is 55.4 Å². The molecule has 2 aromatic carbocycles. The van der Waals surface area contributed by atoms with E-state index in [-0.39, 0.29) is 141 Å². The Morgan fingerprint density at radius 3 is 1.30 bits per heavy atom. The number of aliphatic carboxylic acids is 1. The van der Waals surface area contributed by atoms with Crippen LogP contribution in [0.4, 0.5) is 0 Å². The number of unbranched alkanes of at least 4 members (excludes halogenated alkanes) is 14. The number of imide groups is 1. The molecule has 15 heteroatoms. The number of hydrogen-bond donors (Lipinski definition) is 3. The van der Waals surface area contributed by atoms with Crippen LogP contribution in [-0.2, 0) is 43.0 Å². The Balaban J connectivity index is 0.000000496. The first kappa shape index (κ1) is 67.1. The van der Waals surface area contributed by atoms with Crippen LogP contribution in [0.25, 0.3) is 11.5 Å². The van der Waals surface area contributed by atoms with Crippen molar-refractivity contribution in [3.8, 4) is 11.5 Å². The van der Waals surface area contributed by atoms with Crippen LogP contribution in [0.5, 0.6) is 11.5 Å². The summed E-state index contributed by atoms with van der Waals surface area (Å²) in [4.78, 5) is 50.1. The first-order valence-corrected chi connectivity index (χ1v) is 26.4. The number of ether oxygens (including phenoxy) is 4. The molecule has 0 unspecified atom stereocenters. The van der Waals surface area contributed by atoms with Gasteiger partial charge in [0.15, 0.2) is 0 Å². The first-order valence-electron chi connectivity index (χ1n) is 26.4. The van der Waals surface area contributed by atoms with Gasteiger partial charge in [0.25, 0.3) is 11.8 Å². The number of amides is 2. The molecule has 3 aliphatic heterocycles. The number of hydroxylamine groups is 2. The van der Waals surface area contributed by atoms with Crippen molar-refractivity contribution in [1.29, 1.82) is 0 Å². The minimum atomic E-state index is -0.691. The molecule has 0 aliphatic carbocycles. The van der Waals surface area contributed by atoms with E-state index in [0.29, 0.717) is 44.3 Å². The fourth-order valence-corrected chi connectivity index (χ4v) is 10.3. The Hall–Kier alpha value is -2.00. The number of nitrogens with zero attached hydrogens (tertiary/aromatic N) is 1. The number of benzene rings is 2. The number of carbonyl (C=O) groups is 4. The molecule has 73 heavy (non-hydrogen) atoms. The van der Waals surface area contributed by atoms with E-state index in [4.69, 9.17) is 28.9 Å². The van der Waals surface area contributed by atoms with Crippen LogP contribution < -0.4 is 0 Å². The van der Waals surface area contributed by atoms with E-state index in [9.17, 15) is 29.4 Å². The fraction of sp³-hybridized carbons (Fsp3) is 0.655. The number of carboxylic acids is 1.